The molecule has 0 fully saturated rings. The molecule has 0 aromatic carbocycles. The number of nitrogens with one attached hydrogen (secondary N) is 1. The van der Waals surface area contributed by atoms with Crippen molar-refractivity contribution in [3.8, 4) is 10.4 Å². The second-order valence-electron chi connectivity index (χ2n) is 7.35. The first-order valence-corrected chi connectivity index (χ1v) is 11.1. The lowest BCUT2D eigenvalue weighted by molar-refractivity contribution is -0.143. The molecule has 0 saturated carbocycles. The summed E-state index contributed by atoms with van der Waals surface area (Å²) in [5, 5.41) is 5.77. The predicted molar refractivity (Wildman–Crippen MR) is 117 cm³/mol. The van der Waals surface area contributed by atoms with Gasteiger partial charge in [-0.25, -0.2) is 4.98 Å². The van der Waals surface area contributed by atoms with Crippen LogP contribution in [0.4, 0.5) is 13.2 Å². The van der Waals surface area contributed by atoms with Gasteiger partial charge in [0.1, 0.15) is 10.7 Å². The zero-order chi connectivity index (χ0) is 23.2. The summed E-state index contributed by atoms with van der Waals surface area (Å²) in [5.74, 6) is -0.313. The Morgan fingerprint density at radius 2 is 2.06 bits per heavy atom. The molecule has 0 bridgehead atoms. The molecule has 12 heteroatoms. The third-order valence-corrected chi connectivity index (χ3v) is 6.73. The van der Waals surface area contributed by atoms with E-state index >= 15 is 0 Å². The summed E-state index contributed by atoms with van der Waals surface area (Å²) >= 11 is 2.88. The minimum absolute atomic E-state index is 0.109. The first-order valence-electron chi connectivity index (χ1n) is 9.44. The molecule has 0 unspecified atom stereocenters. The Morgan fingerprint density at radius 3 is 2.72 bits per heavy atom. The van der Waals surface area contributed by atoms with Gasteiger partial charge in [0.05, 0.1) is 11.8 Å². The summed E-state index contributed by atoms with van der Waals surface area (Å²) in [6.07, 6.45) is -3.62. The van der Waals surface area contributed by atoms with Crippen LogP contribution in [0.25, 0.3) is 20.7 Å². The van der Waals surface area contributed by atoms with Crippen molar-refractivity contribution in [3.05, 3.63) is 56.0 Å². The molecule has 1 amide bonds. The molecule has 7 nitrogen and oxygen atoms in total. The van der Waals surface area contributed by atoms with E-state index in [1.165, 1.54) is 31.6 Å². The van der Waals surface area contributed by atoms with Crippen LogP contribution < -0.4 is 5.56 Å². The van der Waals surface area contributed by atoms with E-state index in [1.807, 2.05) is 24.4 Å². The molecule has 32 heavy (non-hydrogen) atoms. The van der Waals surface area contributed by atoms with E-state index in [0.29, 0.717) is 10.2 Å². The topological polar surface area (TPSA) is 83.9 Å². The van der Waals surface area contributed by atoms with Gasteiger partial charge in [-0.1, -0.05) is 0 Å². The second-order valence-corrected chi connectivity index (χ2v) is 9.50. The van der Waals surface area contributed by atoms with E-state index in [1.54, 1.807) is 11.3 Å². The number of amides is 1. The molecule has 4 aromatic rings. The van der Waals surface area contributed by atoms with Crippen LogP contribution in [0.2, 0.25) is 0 Å². The average molecular weight is 482 g/mol. The number of hydrogen-bond acceptors (Lipinski definition) is 6. The van der Waals surface area contributed by atoms with Crippen LogP contribution in [-0.2, 0) is 31.0 Å². The van der Waals surface area contributed by atoms with Gasteiger partial charge in [0.15, 0.2) is 5.69 Å². The maximum Gasteiger partial charge on any atom is 0.435 e. The molecular formula is C20H18F3N5O2S2. The summed E-state index contributed by atoms with van der Waals surface area (Å²) in [6.45, 7) is 1.71. The predicted octanol–water partition coefficient (Wildman–Crippen LogP) is 3.97. The second kappa shape index (κ2) is 8.17. The number of aryl methyl sites for hydroxylation is 2. The number of rotatable bonds is 5. The first kappa shape index (κ1) is 22.2. The highest BCUT2D eigenvalue weighted by molar-refractivity contribution is 7.19. The molecule has 4 rings (SSSR count). The third-order valence-electron chi connectivity index (χ3n) is 4.82. The molecule has 0 aliphatic heterocycles. The summed E-state index contributed by atoms with van der Waals surface area (Å²) < 4.78 is 40.5. The molecule has 0 atom stereocenters. The molecule has 4 aromatic heterocycles. The Morgan fingerprint density at radius 1 is 1.31 bits per heavy atom. The molecule has 0 radical (unpaired) electrons. The number of H-pyrrole nitrogens is 1. The molecule has 0 aliphatic carbocycles. The quantitative estimate of drug-likeness (QED) is 0.468. The molecule has 1 N–H and O–H groups in total. The highest BCUT2D eigenvalue weighted by Crippen LogP contribution is 2.35. The van der Waals surface area contributed by atoms with Crippen molar-refractivity contribution in [2.45, 2.75) is 26.1 Å². The minimum Gasteiger partial charge on any atom is -0.341 e. The Balaban J connectivity index is 1.55. The summed E-state index contributed by atoms with van der Waals surface area (Å²) in [7, 11) is 2.78. The zero-order valence-electron chi connectivity index (χ0n) is 17.3. The normalized spacial score (nSPS) is 11.9. The number of halogens is 3. The van der Waals surface area contributed by atoms with E-state index in [9.17, 15) is 22.8 Å². The number of nitrogens with zero attached hydrogens (tertiary/aromatic N) is 4. The standard InChI is InChI=1S/C20H18F3N5O2S2/c1-10-4-5-13(32-10)12-9-31-19-16(12)18(30)24-14(25-19)6-15(29)27(2)7-11-8-28(3)26-17(11)20(21,22)23/h4-5,8-9H,6-7H2,1-3H3,(H,24,25,30). The lowest BCUT2D eigenvalue weighted by atomic mass is 10.2. The Kier molecular flexibility index (Phi) is 5.67. The van der Waals surface area contributed by atoms with Crippen LogP contribution in [0.3, 0.4) is 0 Å². The van der Waals surface area contributed by atoms with Crippen molar-refractivity contribution in [3.63, 3.8) is 0 Å². The highest BCUT2D eigenvalue weighted by atomic mass is 32.1. The van der Waals surface area contributed by atoms with Gasteiger partial charge in [-0.2, -0.15) is 18.3 Å². The number of carbonyl (C=O) groups is 1. The zero-order valence-corrected chi connectivity index (χ0v) is 18.9. The summed E-state index contributed by atoms with van der Waals surface area (Å²) in [4.78, 5) is 36.1. The van der Waals surface area contributed by atoms with Crippen molar-refractivity contribution in [2.75, 3.05) is 7.05 Å². The number of hydrogen-bond donors (Lipinski definition) is 1. The maximum absolute atomic E-state index is 13.2. The molecule has 0 saturated heterocycles. The van der Waals surface area contributed by atoms with Crippen LogP contribution in [0, 0.1) is 6.92 Å². The van der Waals surface area contributed by atoms with Crippen molar-refractivity contribution in [1.29, 1.82) is 0 Å². The van der Waals surface area contributed by atoms with Crippen molar-refractivity contribution in [1.82, 2.24) is 24.6 Å². The monoisotopic (exact) mass is 481 g/mol. The third kappa shape index (κ3) is 4.32. The van der Waals surface area contributed by atoms with Crippen molar-refractivity contribution in [2.24, 2.45) is 7.05 Å². The molecule has 0 aliphatic rings. The van der Waals surface area contributed by atoms with Gasteiger partial charge < -0.3 is 9.88 Å². The van der Waals surface area contributed by atoms with Crippen LogP contribution in [0.5, 0.6) is 0 Å². The van der Waals surface area contributed by atoms with Crippen LogP contribution in [-0.4, -0.2) is 37.6 Å². The average Bonchev–Trinajstić information content (AvgIpc) is 3.39. The molecular weight excluding hydrogens is 463 g/mol. The fraction of sp³-hybridized carbons (Fsp3) is 0.300. The highest BCUT2D eigenvalue weighted by Gasteiger charge is 2.37. The molecule has 0 spiro atoms. The number of alkyl halides is 3. The minimum atomic E-state index is -4.61. The van der Waals surface area contributed by atoms with Gasteiger partial charge in [0, 0.05) is 53.1 Å². The largest absolute Gasteiger partial charge is 0.435 e. The number of aromatic nitrogens is 4. The van der Waals surface area contributed by atoms with Gasteiger partial charge in [-0.3, -0.25) is 14.3 Å². The first-order chi connectivity index (χ1) is 15.0. The van der Waals surface area contributed by atoms with E-state index in [2.05, 4.69) is 15.1 Å². The Bertz CT molecular complexity index is 1370. The fourth-order valence-electron chi connectivity index (χ4n) is 3.35. The van der Waals surface area contributed by atoms with Crippen LogP contribution in [0.15, 0.2) is 28.5 Å². The lowest BCUT2D eigenvalue weighted by Crippen LogP contribution is -2.29. The van der Waals surface area contributed by atoms with Gasteiger partial charge in [-0.15, -0.1) is 22.7 Å². The van der Waals surface area contributed by atoms with Gasteiger partial charge in [0.25, 0.3) is 5.56 Å². The van der Waals surface area contributed by atoms with E-state index < -0.39 is 17.8 Å². The Labute approximate surface area is 188 Å². The van der Waals surface area contributed by atoms with Crippen molar-refractivity contribution >= 4 is 38.8 Å². The number of thiophene rings is 2. The van der Waals surface area contributed by atoms with Gasteiger partial charge >= 0.3 is 6.18 Å². The summed E-state index contributed by atoms with van der Waals surface area (Å²) in [5.41, 5.74) is -0.693. The van der Waals surface area contributed by atoms with E-state index in [0.717, 1.165) is 24.9 Å². The van der Waals surface area contributed by atoms with E-state index in [4.69, 9.17) is 0 Å². The van der Waals surface area contributed by atoms with Crippen LogP contribution >= 0.6 is 22.7 Å². The number of likely N-dealkylation sites (N-methyl/N-ethyl adjacent to an activating group) is 1. The van der Waals surface area contributed by atoms with Crippen LogP contribution in [0.1, 0.15) is 22.0 Å². The Hall–Kier alpha value is -2.99. The number of carbonyl (C=O) groups excluding carboxylic acids is 1. The summed E-state index contributed by atoms with van der Waals surface area (Å²) in [6, 6.07) is 3.92. The molecule has 168 valence electrons. The SMILES string of the molecule is Cc1ccc(-c2csc3nc(CC(=O)N(C)Cc4cn(C)nc4C(F)(F)F)[nH]c(=O)c23)s1. The molecule has 4 heterocycles. The van der Waals surface area contributed by atoms with E-state index in [-0.39, 0.29) is 29.9 Å². The number of aromatic amines is 1. The lowest BCUT2D eigenvalue weighted by Gasteiger charge is -2.17. The van der Waals surface area contributed by atoms with Crippen molar-refractivity contribution < 1.29 is 18.0 Å². The fourth-order valence-corrected chi connectivity index (χ4v) is 5.27. The maximum atomic E-state index is 13.2. The smallest absolute Gasteiger partial charge is 0.341 e. The number of fused-ring (bicyclic) bond motifs is 1. The van der Waals surface area contributed by atoms with Gasteiger partial charge in [-0.05, 0) is 19.1 Å². The van der Waals surface area contributed by atoms with Gasteiger partial charge in [0.2, 0.25) is 5.91 Å².